The molecule has 0 saturated heterocycles. The van der Waals surface area contributed by atoms with Crippen LogP contribution in [0.1, 0.15) is 23.3 Å². The van der Waals surface area contributed by atoms with Crippen LogP contribution in [0, 0.1) is 0 Å². The zero-order valence-electron chi connectivity index (χ0n) is 11.8. The van der Waals surface area contributed by atoms with Crippen LogP contribution < -0.4 is 16.0 Å². The maximum absolute atomic E-state index is 12.6. The number of anilines is 1. The van der Waals surface area contributed by atoms with Crippen molar-refractivity contribution in [1.29, 1.82) is 0 Å². The summed E-state index contributed by atoms with van der Waals surface area (Å²) in [6, 6.07) is 1.15. The Balaban J connectivity index is 2.57. The van der Waals surface area contributed by atoms with Crippen molar-refractivity contribution in [3.63, 3.8) is 0 Å². The third kappa shape index (κ3) is 1.92. The SMILES string of the molecule is COC(=O)c1cc2c(N)c(Cl)c(Br)c3c2n(c1=O)[C@@H](C)CO3. The van der Waals surface area contributed by atoms with Crippen molar-refractivity contribution in [2.45, 2.75) is 13.0 Å². The first kappa shape index (κ1) is 15.2. The molecule has 8 heteroatoms. The Kier molecular flexibility index (Phi) is 3.57. The fourth-order valence-corrected chi connectivity index (χ4v) is 3.30. The van der Waals surface area contributed by atoms with Gasteiger partial charge in [-0.2, -0.15) is 0 Å². The molecule has 2 aromatic rings. The molecule has 0 unspecified atom stereocenters. The van der Waals surface area contributed by atoms with Gasteiger partial charge in [0.15, 0.2) is 5.75 Å². The van der Waals surface area contributed by atoms with Crippen LogP contribution in [0.3, 0.4) is 0 Å². The number of carbonyl (C=O) groups is 1. The van der Waals surface area contributed by atoms with Crippen molar-refractivity contribution < 1.29 is 14.3 Å². The first-order chi connectivity index (χ1) is 10.4. The Labute approximate surface area is 138 Å². The topological polar surface area (TPSA) is 83.5 Å². The molecule has 0 saturated carbocycles. The smallest absolute Gasteiger partial charge is 0.343 e. The summed E-state index contributed by atoms with van der Waals surface area (Å²) in [4.78, 5) is 24.5. The first-order valence-corrected chi connectivity index (χ1v) is 7.62. The highest BCUT2D eigenvalue weighted by Crippen LogP contribution is 2.46. The Morgan fingerprint density at radius 1 is 1.59 bits per heavy atom. The number of nitrogens with two attached hydrogens (primary N) is 1. The Hall–Kier alpha value is -1.73. The number of nitrogen functional groups attached to an aromatic ring is 1. The number of aromatic nitrogens is 1. The first-order valence-electron chi connectivity index (χ1n) is 6.45. The molecule has 0 aliphatic carbocycles. The molecule has 2 heterocycles. The van der Waals surface area contributed by atoms with Gasteiger partial charge in [0.2, 0.25) is 0 Å². The van der Waals surface area contributed by atoms with E-state index in [1.54, 1.807) is 0 Å². The second-order valence-corrected chi connectivity index (χ2v) is 6.19. The number of esters is 1. The Morgan fingerprint density at radius 2 is 2.27 bits per heavy atom. The second-order valence-electron chi connectivity index (χ2n) is 5.02. The molecule has 1 aromatic carbocycles. The highest BCUT2D eigenvalue weighted by atomic mass is 79.9. The summed E-state index contributed by atoms with van der Waals surface area (Å²) in [6.45, 7) is 2.11. The van der Waals surface area contributed by atoms with Gasteiger partial charge in [-0.3, -0.25) is 9.36 Å². The van der Waals surface area contributed by atoms with Gasteiger partial charge < -0.3 is 15.2 Å². The van der Waals surface area contributed by atoms with E-state index in [9.17, 15) is 9.59 Å². The standard InChI is InChI=1S/C14H12BrClN2O4/c1-5-4-22-12-8(15)9(16)10(17)6-3-7(14(20)21-2)13(19)18(5)11(6)12/h3,5H,4,17H2,1-2H3/t5-/m0/s1. The minimum atomic E-state index is -0.714. The maximum Gasteiger partial charge on any atom is 0.343 e. The van der Waals surface area contributed by atoms with E-state index in [0.29, 0.717) is 21.1 Å². The largest absolute Gasteiger partial charge is 0.488 e. The molecule has 0 radical (unpaired) electrons. The number of methoxy groups -OCH3 is 1. The average molecular weight is 388 g/mol. The molecule has 22 heavy (non-hydrogen) atoms. The Morgan fingerprint density at radius 3 is 2.91 bits per heavy atom. The highest BCUT2D eigenvalue weighted by molar-refractivity contribution is 9.10. The van der Waals surface area contributed by atoms with Crippen molar-refractivity contribution in [2.24, 2.45) is 0 Å². The maximum atomic E-state index is 12.6. The van der Waals surface area contributed by atoms with Gasteiger partial charge in [0, 0.05) is 5.39 Å². The molecule has 0 amide bonds. The van der Waals surface area contributed by atoms with Gasteiger partial charge in [-0.25, -0.2) is 4.79 Å². The van der Waals surface area contributed by atoms with Gasteiger partial charge in [-0.1, -0.05) is 11.6 Å². The fourth-order valence-electron chi connectivity index (χ4n) is 2.60. The molecule has 3 rings (SSSR count). The summed E-state index contributed by atoms with van der Waals surface area (Å²) in [5.74, 6) is -0.268. The molecule has 2 N–H and O–H groups in total. The molecule has 1 aromatic heterocycles. The second kappa shape index (κ2) is 5.17. The lowest BCUT2D eigenvalue weighted by molar-refractivity contribution is 0.0597. The van der Waals surface area contributed by atoms with Crippen molar-refractivity contribution in [2.75, 3.05) is 19.5 Å². The zero-order chi connectivity index (χ0) is 16.2. The number of carbonyl (C=O) groups excluding carboxylic acids is 1. The monoisotopic (exact) mass is 386 g/mol. The van der Waals surface area contributed by atoms with Crippen LogP contribution in [-0.2, 0) is 4.74 Å². The fraction of sp³-hybridized carbons (Fsp3) is 0.286. The molecule has 0 fully saturated rings. The van der Waals surface area contributed by atoms with Gasteiger partial charge in [-0.05, 0) is 28.9 Å². The van der Waals surface area contributed by atoms with Crippen LogP contribution in [0.25, 0.3) is 10.9 Å². The van der Waals surface area contributed by atoms with Gasteiger partial charge in [0.1, 0.15) is 12.2 Å². The molecule has 1 aliphatic heterocycles. The van der Waals surface area contributed by atoms with E-state index in [1.807, 2.05) is 6.92 Å². The van der Waals surface area contributed by atoms with E-state index >= 15 is 0 Å². The lowest BCUT2D eigenvalue weighted by Crippen LogP contribution is -2.34. The van der Waals surface area contributed by atoms with E-state index in [4.69, 9.17) is 22.1 Å². The van der Waals surface area contributed by atoms with Crippen LogP contribution in [0.4, 0.5) is 5.69 Å². The van der Waals surface area contributed by atoms with E-state index in [1.165, 1.54) is 17.7 Å². The predicted molar refractivity (Wildman–Crippen MR) is 86.9 cm³/mol. The van der Waals surface area contributed by atoms with Crippen molar-refractivity contribution >= 4 is 50.1 Å². The van der Waals surface area contributed by atoms with E-state index in [-0.39, 0.29) is 28.9 Å². The van der Waals surface area contributed by atoms with E-state index in [0.717, 1.165) is 0 Å². The van der Waals surface area contributed by atoms with Crippen LogP contribution >= 0.6 is 27.5 Å². The molecule has 0 spiro atoms. The quantitative estimate of drug-likeness (QED) is 0.601. The molecule has 1 atom stereocenters. The zero-order valence-corrected chi connectivity index (χ0v) is 14.1. The van der Waals surface area contributed by atoms with Crippen molar-refractivity contribution in [1.82, 2.24) is 4.57 Å². The minimum absolute atomic E-state index is 0.0835. The van der Waals surface area contributed by atoms with Crippen LogP contribution in [0.5, 0.6) is 5.75 Å². The number of nitrogens with zero attached hydrogens (tertiary/aromatic N) is 1. The van der Waals surface area contributed by atoms with E-state index < -0.39 is 11.5 Å². The van der Waals surface area contributed by atoms with Gasteiger partial charge in [-0.15, -0.1) is 0 Å². The number of pyridine rings is 1. The summed E-state index contributed by atoms with van der Waals surface area (Å²) >= 11 is 9.55. The average Bonchev–Trinajstić information content (AvgIpc) is 2.51. The number of rotatable bonds is 1. The third-order valence-corrected chi connectivity index (χ3v) is 5.06. The number of halogens is 2. The summed E-state index contributed by atoms with van der Waals surface area (Å²) in [7, 11) is 1.22. The molecular formula is C14H12BrClN2O4. The molecule has 1 aliphatic rings. The number of benzene rings is 1. The lowest BCUT2D eigenvalue weighted by Gasteiger charge is -2.28. The van der Waals surface area contributed by atoms with Gasteiger partial charge >= 0.3 is 5.97 Å². The summed E-state index contributed by atoms with van der Waals surface area (Å²) in [6.07, 6.45) is 0. The molecule has 116 valence electrons. The van der Waals surface area contributed by atoms with Crippen molar-refractivity contribution in [3.8, 4) is 5.75 Å². The van der Waals surface area contributed by atoms with Gasteiger partial charge in [0.05, 0.1) is 33.9 Å². The molecule has 6 nitrogen and oxygen atoms in total. The lowest BCUT2D eigenvalue weighted by atomic mass is 10.1. The summed E-state index contributed by atoms with van der Waals surface area (Å²) in [5, 5.41) is 0.757. The predicted octanol–water partition coefficient (Wildman–Crippen LogP) is 2.74. The Bertz CT molecular complexity index is 878. The van der Waals surface area contributed by atoms with Crippen LogP contribution in [0.2, 0.25) is 5.02 Å². The highest BCUT2D eigenvalue weighted by Gasteiger charge is 2.29. The van der Waals surface area contributed by atoms with Crippen LogP contribution in [-0.4, -0.2) is 24.3 Å². The third-order valence-electron chi connectivity index (χ3n) is 3.68. The minimum Gasteiger partial charge on any atom is -0.488 e. The summed E-state index contributed by atoms with van der Waals surface area (Å²) in [5.41, 5.74) is 6.32. The summed E-state index contributed by atoms with van der Waals surface area (Å²) < 4.78 is 12.4. The van der Waals surface area contributed by atoms with Crippen molar-refractivity contribution in [3.05, 3.63) is 31.5 Å². The number of ether oxygens (including phenoxy) is 2. The van der Waals surface area contributed by atoms with Gasteiger partial charge in [0.25, 0.3) is 5.56 Å². The number of hydrogen-bond acceptors (Lipinski definition) is 5. The molecule has 0 bridgehead atoms. The van der Waals surface area contributed by atoms with Crippen LogP contribution in [0.15, 0.2) is 15.3 Å². The number of hydrogen-bond donors (Lipinski definition) is 1. The van der Waals surface area contributed by atoms with E-state index in [2.05, 4.69) is 20.7 Å². The molecular weight excluding hydrogens is 376 g/mol. The normalized spacial score (nSPS) is 16.5.